The van der Waals surface area contributed by atoms with Gasteiger partial charge in [-0.25, -0.2) is 4.67 Å². The second kappa shape index (κ2) is 2.83. The third-order valence-electron chi connectivity index (χ3n) is 0.703. The molecule has 0 radical (unpaired) electrons. The van der Waals surface area contributed by atoms with Crippen molar-refractivity contribution in [2.24, 2.45) is 0 Å². The van der Waals surface area contributed by atoms with Gasteiger partial charge >= 0.3 is 6.87 Å². The van der Waals surface area contributed by atoms with E-state index in [4.69, 9.17) is 11.2 Å². The van der Waals surface area contributed by atoms with Crippen molar-refractivity contribution < 1.29 is 9.09 Å². The highest BCUT2D eigenvalue weighted by atomic mass is 35.7. The fraction of sp³-hybridized carbons (Fsp3) is 1.00. The molecular weight excluding hydrogens is 148 g/mol. The Balaban J connectivity index is 3.93. The first-order valence-corrected chi connectivity index (χ1v) is 4.52. The van der Waals surface area contributed by atoms with E-state index >= 15 is 0 Å². The molecule has 50 valence electrons. The quantitative estimate of drug-likeness (QED) is 0.570. The van der Waals surface area contributed by atoms with E-state index in [0.29, 0.717) is 0 Å². The molecule has 0 saturated carbocycles. The van der Waals surface area contributed by atoms with Crippen molar-refractivity contribution in [2.45, 2.75) is 0 Å². The molecule has 0 aromatic heterocycles. The average Bonchev–Trinajstić information content (AvgIpc) is 1.67. The first-order valence-electron chi connectivity index (χ1n) is 2.04. The van der Waals surface area contributed by atoms with Gasteiger partial charge in [-0.1, -0.05) is 0 Å². The van der Waals surface area contributed by atoms with E-state index in [1.54, 1.807) is 14.1 Å². The molecule has 1 unspecified atom stereocenters. The summed E-state index contributed by atoms with van der Waals surface area (Å²) >= 11 is 5.31. The topological polar surface area (TPSA) is 29.5 Å². The number of rotatable bonds is 2. The minimum atomic E-state index is -2.94. The standard InChI is InChI=1S/C3H9ClNO2P/c1-5(2)8(4,6)7-3/h1-3H3. The number of hydrogen-bond donors (Lipinski definition) is 0. The van der Waals surface area contributed by atoms with E-state index in [2.05, 4.69) is 4.52 Å². The molecular formula is C3H9ClNO2P. The van der Waals surface area contributed by atoms with Crippen molar-refractivity contribution in [3.05, 3.63) is 0 Å². The molecule has 0 heterocycles. The van der Waals surface area contributed by atoms with Gasteiger partial charge in [-0.2, -0.15) is 0 Å². The van der Waals surface area contributed by atoms with Crippen LogP contribution in [-0.2, 0) is 9.09 Å². The van der Waals surface area contributed by atoms with Crippen LogP contribution in [-0.4, -0.2) is 25.9 Å². The molecule has 0 amide bonds. The van der Waals surface area contributed by atoms with Gasteiger partial charge in [0.05, 0.1) is 0 Å². The van der Waals surface area contributed by atoms with Crippen LogP contribution in [0.3, 0.4) is 0 Å². The van der Waals surface area contributed by atoms with Crippen LogP contribution in [0.5, 0.6) is 0 Å². The van der Waals surface area contributed by atoms with E-state index in [9.17, 15) is 4.57 Å². The highest BCUT2D eigenvalue weighted by molar-refractivity contribution is 7.83. The molecule has 5 heteroatoms. The molecule has 0 aliphatic rings. The van der Waals surface area contributed by atoms with Gasteiger partial charge in [0.15, 0.2) is 0 Å². The molecule has 8 heavy (non-hydrogen) atoms. The monoisotopic (exact) mass is 157 g/mol. The highest BCUT2D eigenvalue weighted by Crippen LogP contribution is 2.52. The van der Waals surface area contributed by atoms with E-state index in [1.165, 1.54) is 11.8 Å². The van der Waals surface area contributed by atoms with Gasteiger partial charge in [0, 0.05) is 7.11 Å². The Bertz CT molecular complexity index is 116. The van der Waals surface area contributed by atoms with Crippen LogP contribution in [0.4, 0.5) is 0 Å². The molecule has 0 aliphatic carbocycles. The van der Waals surface area contributed by atoms with Gasteiger partial charge in [0.25, 0.3) is 0 Å². The van der Waals surface area contributed by atoms with Crippen LogP contribution in [0, 0.1) is 0 Å². The zero-order chi connectivity index (χ0) is 6.78. The van der Waals surface area contributed by atoms with Gasteiger partial charge in [-0.05, 0) is 25.3 Å². The molecule has 0 aromatic rings. The van der Waals surface area contributed by atoms with Crippen LogP contribution in [0.25, 0.3) is 0 Å². The summed E-state index contributed by atoms with van der Waals surface area (Å²) in [7, 11) is 4.50. The third kappa shape index (κ3) is 2.14. The summed E-state index contributed by atoms with van der Waals surface area (Å²) in [6.45, 7) is -2.94. The molecule has 0 N–H and O–H groups in total. The zero-order valence-corrected chi connectivity index (χ0v) is 6.74. The molecule has 0 bridgehead atoms. The molecule has 0 spiro atoms. The SMILES string of the molecule is COP(=O)(Cl)N(C)C. The summed E-state index contributed by atoms with van der Waals surface area (Å²) in [4.78, 5) is 0. The highest BCUT2D eigenvalue weighted by Gasteiger charge is 2.19. The lowest BCUT2D eigenvalue weighted by molar-refractivity contribution is 0.362. The Hall–Kier alpha value is 0.440. The van der Waals surface area contributed by atoms with Gasteiger partial charge in [0.1, 0.15) is 0 Å². The maximum atomic E-state index is 10.8. The Morgan fingerprint density at radius 2 is 2.00 bits per heavy atom. The van der Waals surface area contributed by atoms with E-state index in [1.807, 2.05) is 0 Å². The minimum absolute atomic E-state index is 1.31. The molecule has 3 nitrogen and oxygen atoms in total. The smallest absolute Gasteiger partial charge is 0.309 e. The van der Waals surface area contributed by atoms with Crippen LogP contribution in [0.2, 0.25) is 0 Å². The number of nitrogens with zero attached hydrogens (tertiary/aromatic N) is 1. The Kier molecular flexibility index (Phi) is 2.99. The number of hydrogen-bond acceptors (Lipinski definition) is 2. The molecule has 1 atom stereocenters. The first-order chi connectivity index (χ1) is 3.50. The van der Waals surface area contributed by atoms with Crippen molar-refractivity contribution in [1.82, 2.24) is 4.67 Å². The van der Waals surface area contributed by atoms with E-state index in [-0.39, 0.29) is 0 Å². The maximum Gasteiger partial charge on any atom is 0.362 e. The fourth-order valence-corrected chi connectivity index (χ4v) is 0.490. The van der Waals surface area contributed by atoms with Crippen molar-refractivity contribution in [1.29, 1.82) is 0 Å². The van der Waals surface area contributed by atoms with Crippen molar-refractivity contribution in [3.8, 4) is 0 Å². The van der Waals surface area contributed by atoms with Gasteiger partial charge in [0.2, 0.25) is 0 Å². The van der Waals surface area contributed by atoms with Crippen LogP contribution >= 0.6 is 18.1 Å². The summed E-state index contributed by atoms with van der Waals surface area (Å²) < 4.78 is 16.5. The normalized spacial score (nSPS) is 18.6. The van der Waals surface area contributed by atoms with Crippen LogP contribution in [0.1, 0.15) is 0 Å². The summed E-state index contributed by atoms with van der Waals surface area (Å²) in [5.74, 6) is 0. The lowest BCUT2D eigenvalue weighted by Crippen LogP contribution is -2.04. The van der Waals surface area contributed by atoms with Gasteiger partial charge < -0.3 is 4.52 Å². The second-order valence-corrected chi connectivity index (χ2v) is 4.83. The van der Waals surface area contributed by atoms with Crippen LogP contribution < -0.4 is 0 Å². The zero-order valence-electron chi connectivity index (χ0n) is 5.09. The van der Waals surface area contributed by atoms with Crippen molar-refractivity contribution >= 4 is 18.1 Å². The molecule has 0 saturated heterocycles. The molecule has 0 aromatic carbocycles. The number of halogens is 1. The van der Waals surface area contributed by atoms with E-state index < -0.39 is 6.87 Å². The summed E-state index contributed by atoms with van der Waals surface area (Å²) in [6.07, 6.45) is 0. The molecule has 0 aliphatic heterocycles. The van der Waals surface area contributed by atoms with Crippen LogP contribution in [0.15, 0.2) is 0 Å². The van der Waals surface area contributed by atoms with E-state index in [0.717, 1.165) is 0 Å². The summed E-state index contributed by atoms with van der Waals surface area (Å²) in [5, 5.41) is 0. The van der Waals surface area contributed by atoms with Gasteiger partial charge in [-0.15, -0.1) is 0 Å². The molecule has 0 fully saturated rings. The Morgan fingerprint density at radius 1 is 1.62 bits per heavy atom. The largest absolute Gasteiger partial charge is 0.362 e. The molecule has 0 rings (SSSR count). The third-order valence-corrected chi connectivity index (χ3v) is 3.43. The van der Waals surface area contributed by atoms with Crippen molar-refractivity contribution in [3.63, 3.8) is 0 Å². The average molecular weight is 158 g/mol. The fourth-order valence-electron chi connectivity index (χ4n) is 0.163. The predicted molar refractivity (Wildman–Crippen MR) is 34.2 cm³/mol. The Labute approximate surface area is 53.9 Å². The lowest BCUT2D eigenvalue weighted by atomic mass is 11.3. The van der Waals surface area contributed by atoms with Crippen molar-refractivity contribution in [2.75, 3.05) is 21.2 Å². The lowest BCUT2D eigenvalue weighted by Gasteiger charge is -2.13. The second-order valence-electron chi connectivity index (χ2n) is 1.48. The Morgan fingerprint density at radius 3 is 2.00 bits per heavy atom. The maximum absolute atomic E-state index is 10.8. The minimum Gasteiger partial charge on any atom is -0.309 e. The first kappa shape index (κ1) is 8.44. The predicted octanol–water partition coefficient (Wildman–Crippen LogP) is 1.54. The summed E-state index contributed by atoms with van der Waals surface area (Å²) in [6, 6.07) is 0. The van der Waals surface area contributed by atoms with Gasteiger partial charge in [-0.3, -0.25) is 4.57 Å². The summed E-state index contributed by atoms with van der Waals surface area (Å²) in [5.41, 5.74) is 0.